The Labute approximate surface area is 119 Å². The van der Waals surface area contributed by atoms with Crippen molar-refractivity contribution in [2.24, 2.45) is 11.7 Å². The number of nitrogens with zero attached hydrogens (tertiary/aromatic N) is 2. The van der Waals surface area contributed by atoms with Gasteiger partial charge in [-0.05, 0) is 25.3 Å². The van der Waals surface area contributed by atoms with Crippen molar-refractivity contribution in [1.82, 2.24) is 9.88 Å². The van der Waals surface area contributed by atoms with Gasteiger partial charge in [-0.15, -0.1) is 11.3 Å². The average molecular weight is 281 g/mol. The number of carbonyl (C=O) groups excluding carboxylic acids is 1. The number of carbonyl (C=O) groups is 1. The highest BCUT2D eigenvalue weighted by Gasteiger charge is 2.29. The van der Waals surface area contributed by atoms with E-state index in [4.69, 9.17) is 5.73 Å². The summed E-state index contributed by atoms with van der Waals surface area (Å²) in [6.45, 7) is 2.82. The molecular formula is C14H23N3OS. The van der Waals surface area contributed by atoms with E-state index in [1.165, 1.54) is 30.6 Å². The molecule has 1 aliphatic carbocycles. The minimum atomic E-state index is 0.0540. The Bertz CT molecular complexity index is 432. The van der Waals surface area contributed by atoms with E-state index in [9.17, 15) is 4.79 Å². The molecule has 0 saturated heterocycles. The third kappa shape index (κ3) is 3.34. The van der Waals surface area contributed by atoms with Gasteiger partial charge in [0, 0.05) is 24.9 Å². The minimum absolute atomic E-state index is 0.0540. The second-order valence-corrected chi connectivity index (χ2v) is 6.35. The van der Waals surface area contributed by atoms with E-state index in [2.05, 4.69) is 11.9 Å². The van der Waals surface area contributed by atoms with Crippen molar-refractivity contribution in [3.8, 4) is 0 Å². The second-order valence-electron chi connectivity index (χ2n) is 5.41. The Morgan fingerprint density at radius 2 is 2.26 bits per heavy atom. The van der Waals surface area contributed by atoms with Crippen LogP contribution in [0.3, 0.4) is 0 Å². The lowest BCUT2D eigenvalue weighted by atomic mass is 9.85. The Kier molecular flexibility index (Phi) is 4.93. The fraction of sp³-hybridized carbons (Fsp3) is 0.714. The lowest BCUT2D eigenvalue weighted by Crippen LogP contribution is -2.42. The quantitative estimate of drug-likeness (QED) is 0.921. The Morgan fingerprint density at radius 1 is 1.53 bits per heavy atom. The predicted octanol–water partition coefficient (Wildman–Crippen LogP) is 2.30. The first-order chi connectivity index (χ1) is 9.13. The summed E-state index contributed by atoms with van der Waals surface area (Å²) < 4.78 is 0. The zero-order valence-corrected chi connectivity index (χ0v) is 12.6. The maximum Gasteiger partial charge on any atom is 0.273 e. The molecule has 4 nitrogen and oxygen atoms in total. The van der Waals surface area contributed by atoms with Crippen molar-refractivity contribution in [2.75, 3.05) is 13.6 Å². The summed E-state index contributed by atoms with van der Waals surface area (Å²) in [6.07, 6.45) is 5.60. The summed E-state index contributed by atoms with van der Waals surface area (Å²) in [7, 11) is 1.91. The van der Waals surface area contributed by atoms with Gasteiger partial charge < -0.3 is 10.6 Å². The molecule has 2 unspecified atom stereocenters. The Balaban J connectivity index is 2.04. The van der Waals surface area contributed by atoms with Gasteiger partial charge in [0.05, 0.1) is 5.01 Å². The summed E-state index contributed by atoms with van der Waals surface area (Å²) in [5.41, 5.74) is 6.09. The normalized spacial score (nSPS) is 23.3. The topological polar surface area (TPSA) is 59.2 Å². The molecule has 1 amide bonds. The van der Waals surface area contributed by atoms with Crippen molar-refractivity contribution >= 4 is 17.2 Å². The zero-order chi connectivity index (χ0) is 13.8. The summed E-state index contributed by atoms with van der Waals surface area (Å²) in [4.78, 5) is 18.7. The van der Waals surface area contributed by atoms with Crippen LogP contribution in [0, 0.1) is 5.92 Å². The van der Waals surface area contributed by atoms with Gasteiger partial charge in [-0.3, -0.25) is 4.79 Å². The molecule has 1 aromatic rings. The smallest absolute Gasteiger partial charge is 0.273 e. The van der Waals surface area contributed by atoms with Gasteiger partial charge >= 0.3 is 0 Å². The molecule has 1 fully saturated rings. The van der Waals surface area contributed by atoms with E-state index in [1.54, 1.807) is 0 Å². The van der Waals surface area contributed by atoms with Gasteiger partial charge in [0.1, 0.15) is 5.69 Å². The molecule has 1 aliphatic rings. The van der Waals surface area contributed by atoms with Crippen LogP contribution >= 0.6 is 11.3 Å². The molecule has 2 rings (SSSR count). The standard InChI is InChI=1S/C14H23N3OS/c1-10-5-3-4-6-12(10)17(2)14(18)11-9-19-13(16-11)7-8-15/h9-10,12H,3-8,15H2,1-2H3. The minimum Gasteiger partial charge on any atom is -0.337 e. The molecule has 1 saturated carbocycles. The lowest BCUT2D eigenvalue weighted by molar-refractivity contribution is 0.0623. The van der Waals surface area contributed by atoms with Gasteiger partial charge in [0.2, 0.25) is 0 Å². The molecule has 5 heteroatoms. The van der Waals surface area contributed by atoms with Gasteiger partial charge in [-0.1, -0.05) is 19.8 Å². The molecular weight excluding hydrogens is 258 g/mol. The van der Waals surface area contributed by atoms with Crippen molar-refractivity contribution in [3.63, 3.8) is 0 Å². The molecule has 1 heterocycles. The summed E-state index contributed by atoms with van der Waals surface area (Å²) in [5, 5.41) is 2.81. The number of amides is 1. The Hall–Kier alpha value is -0.940. The molecule has 2 atom stereocenters. The highest BCUT2D eigenvalue weighted by molar-refractivity contribution is 7.09. The molecule has 0 aliphatic heterocycles. The number of nitrogens with two attached hydrogens (primary N) is 1. The van der Waals surface area contributed by atoms with Crippen LogP contribution < -0.4 is 5.73 Å². The first-order valence-corrected chi connectivity index (χ1v) is 7.93. The van der Waals surface area contributed by atoms with Crippen LogP contribution in [-0.4, -0.2) is 35.4 Å². The second kappa shape index (κ2) is 6.48. The van der Waals surface area contributed by atoms with E-state index < -0.39 is 0 Å². The van der Waals surface area contributed by atoms with E-state index in [0.29, 0.717) is 24.2 Å². The van der Waals surface area contributed by atoms with Crippen molar-refractivity contribution < 1.29 is 4.79 Å². The van der Waals surface area contributed by atoms with Crippen LogP contribution in [0.4, 0.5) is 0 Å². The fourth-order valence-electron chi connectivity index (χ4n) is 2.85. The third-order valence-electron chi connectivity index (χ3n) is 4.01. The third-order valence-corrected chi connectivity index (χ3v) is 4.92. The molecule has 19 heavy (non-hydrogen) atoms. The van der Waals surface area contributed by atoms with Gasteiger partial charge in [-0.2, -0.15) is 0 Å². The van der Waals surface area contributed by atoms with Crippen molar-refractivity contribution in [1.29, 1.82) is 0 Å². The van der Waals surface area contributed by atoms with Gasteiger partial charge in [-0.25, -0.2) is 4.98 Å². The predicted molar refractivity (Wildman–Crippen MR) is 78.4 cm³/mol. The number of aromatic nitrogens is 1. The lowest BCUT2D eigenvalue weighted by Gasteiger charge is -2.35. The molecule has 0 spiro atoms. The van der Waals surface area contributed by atoms with Gasteiger partial charge in [0.15, 0.2) is 0 Å². The number of thiazole rings is 1. The maximum atomic E-state index is 12.4. The van der Waals surface area contributed by atoms with Crippen LogP contribution in [0.25, 0.3) is 0 Å². The van der Waals surface area contributed by atoms with Crippen LogP contribution in [0.5, 0.6) is 0 Å². The molecule has 106 valence electrons. The monoisotopic (exact) mass is 281 g/mol. The molecule has 0 radical (unpaired) electrons. The highest BCUT2D eigenvalue weighted by atomic mass is 32.1. The van der Waals surface area contributed by atoms with Crippen molar-refractivity contribution in [2.45, 2.75) is 45.1 Å². The first-order valence-electron chi connectivity index (χ1n) is 7.05. The largest absolute Gasteiger partial charge is 0.337 e. The van der Waals surface area contributed by atoms with E-state index >= 15 is 0 Å². The zero-order valence-electron chi connectivity index (χ0n) is 11.8. The summed E-state index contributed by atoms with van der Waals surface area (Å²) >= 11 is 1.53. The van der Waals surface area contributed by atoms with Crippen LogP contribution in [0.2, 0.25) is 0 Å². The molecule has 1 aromatic heterocycles. The fourth-order valence-corrected chi connectivity index (χ4v) is 3.64. The summed E-state index contributed by atoms with van der Waals surface area (Å²) in [6, 6.07) is 0.362. The van der Waals surface area contributed by atoms with E-state index in [-0.39, 0.29) is 5.91 Å². The van der Waals surface area contributed by atoms with Crippen LogP contribution in [0.1, 0.15) is 48.1 Å². The maximum absolute atomic E-state index is 12.4. The van der Waals surface area contributed by atoms with Crippen LogP contribution in [0.15, 0.2) is 5.38 Å². The average Bonchev–Trinajstić information content (AvgIpc) is 2.87. The number of rotatable bonds is 4. The number of hydrogen-bond acceptors (Lipinski definition) is 4. The van der Waals surface area contributed by atoms with E-state index in [0.717, 1.165) is 17.8 Å². The molecule has 2 N–H and O–H groups in total. The number of hydrogen-bond donors (Lipinski definition) is 1. The molecule has 0 bridgehead atoms. The van der Waals surface area contributed by atoms with Crippen LogP contribution in [-0.2, 0) is 6.42 Å². The van der Waals surface area contributed by atoms with Gasteiger partial charge in [0.25, 0.3) is 5.91 Å². The van der Waals surface area contributed by atoms with Crippen molar-refractivity contribution in [3.05, 3.63) is 16.1 Å². The highest BCUT2D eigenvalue weighted by Crippen LogP contribution is 2.28. The SMILES string of the molecule is CC1CCCCC1N(C)C(=O)c1csc(CCN)n1. The summed E-state index contributed by atoms with van der Waals surface area (Å²) in [5.74, 6) is 0.642. The molecule has 0 aromatic carbocycles. The first kappa shape index (κ1) is 14.5. The van der Waals surface area contributed by atoms with E-state index in [1.807, 2.05) is 17.3 Å². The Morgan fingerprint density at radius 3 is 2.95 bits per heavy atom.